The van der Waals surface area contributed by atoms with Gasteiger partial charge in [0.1, 0.15) is 18.1 Å². The van der Waals surface area contributed by atoms with Gasteiger partial charge in [0.05, 0.1) is 5.52 Å². The van der Waals surface area contributed by atoms with Gasteiger partial charge in [-0.3, -0.25) is 9.59 Å². The van der Waals surface area contributed by atoms with E-state index < -0.39 is 6.04 Å². The molecule has 5 aromatic rings. The third-order valence-corrected chi connectivity index (χ3v) is 6.54. The van der Waals surface area contributed by atoms with E-state index in [2.05, 4.69) is 15.6 Å². The fourth-order valence-electron chi connectivity index (χ4n) is 4.65. The second kappa shape index (κ2) is 10.7. The molecule has 1 aromatic heterocycles. The van der Waals surface area contributed by atoms with Gasteiger partial charge in [0.2, 0.25) is 12.7 Å². The van der Waals surface area contributed by atoms with Crippen LogP contribution in [-0.4, -0.2) is 38.5 Å². The summed E-state index contributed by atoms with van der Waals surface area (Å²) < 4.78 is 12.4. The summed E-state index contributed by atoms with van der Waals surface area (Å²) in [5.74, 6) is 0.546. The van der Waals surface area contributed by atoms with Gasteiger partial charge in [-0.15, -0.1) is 5.10 Å². The van der Waals surface area contributed by atoms with Crippen molar-refractivity contribution in [1.82, 2.24) is 19.9 Å². The van der Waals surface area contributed by atoms with Crippen LogP contribution in [-0.2, 0) is 22.7 Å². The highest BCUT2D eigenvalue weighted by Crippen LogP contribution is 2.35. The molecule has 0 aliphatic carbocycles. The molecule has 39 heavy (non-hydrogen) atoms. The maximum absolute atomic E-state index is 14.0. The number of ether oxygens (including phenoxy) is 2. The number of carbonyl (C=O) groups excluding carboxylic acids is 2. The van der Waals surface area contributed by atoms with E-state index in [-0.39, 0.29) is 31.7 Å². The van der Waals surface area contributed by atoms with Crippen LogP contribution in [0.3, 0.4) is 0 Å². The van der Waals surface area contributed by atoms with Crippen molar-refractivity contribution in [2.24, 2.45) is 0 Å². The fourth-order valence-corrected chi connectivity index (χ4v) is 4.65. The third kappa shape index (κ3) is 5.15. The zero-order valence-electron chi connectivity index (χ0n) is 20.9. The topological polar surface area (TPSA) is 98.6 Å². The number of para-hydroxylation sites is 1. The van der Waals surface area contributed by atoms with Crippen molar-refractivity contribution in [2.75, 3.05) is 12.1 Å². The van der Waals surface area contributed by atoms with Gasteiger partial charge in [0.25, 0.3) is 5.91 Å². The van der Waals surface area contributed by atoms with Gasteiger partial charge in [-0.05, 0) is 35.4 Å². The van der Waals surface area contributed by atoms with Crippen molar-refractivity contribution in [3.63, 3.8) is 0 Å². The predicted molar refractivity (Wildman–Crippen MR) is 145 cm³/mol. The molecule has 0 fully saturated rings. The number of amides is 2. The van der Waals surface area contributed by atoms with Crippen molar-refractivity contribution in [1.29, 1.82) is 0 Å². The van der Waals surface area contributed by atoms with Gasteiger partial charge in [0, 0.05) is 18.3 Å². The standard InChI is InChI=1S/C30H25N5O4/c36-28(19-35-25-14-8-7-13-24(25)32-33-35)34(18-21-9-3-1-4-10-21)29(22-11-5-2-6-12-22)30(37)31-23-15-16-26-27(17-23)39-20-38-26/h1-17,29H,18-20H2,(H,31,37). The van der Waals surface area contributed by atoms with Gasteiger partial charge in [-0.2, -0.15) is 0 Å². The average molecular weight is 520 g/mol. The Morgan fingerprint density at radius 3 is 2.41 bits per heavy atom. The lowest BCUT2D eigenvalue weighted by atomic mass is 10.0. The van der Waals surface area contributed by atoms with Gasteiger partial charge >= 0.3 is 0 Å². The summed E-state index contributed by atoms with van der Waals surface area (Å²) in [5.41, 5.74) is 3.56. The summed E-state index contributed by atoms with van der Waals surface area (Å²) in [7, 11) is 0. The molecule has 9 heteroatoms. The van der Waals surface area contributed by atoms with Crippen LogP contribution in [0.2, 0.25) is 0 Å². The van der Waals surface area contributed by atoms with Crippen LogP contribution in [0, 0.1) is 0 Å². The van der Waals surface area contributed by atoms with Crippen molar-refractivity contribution >= 4 is 28.5 Å². The molecule has 2 amide bonds. The molecule has 1 atom stereocenters. The highest BCUT2D eigenvalue weighted by Gasteiger charge is 2.32. The van der Waals surface area contributed by atoms with Gasteiger partial charge in [-0.25, -0.2) is 4.68 Å². The maximum atomic E-state index is 14.0. The number of fused-ring (bicyclic) bond motifs is 2. The molecular formula is C30H25N5O4. The molecule has 1 aliphatic heterocycles. The summed E-state index contributed by atoms with van der Waals surface area (Å²) in [4.78, 5) is 29.5. The Morgan fingerprint density at radius 1 is 0.872 bits per heavy atom. The van der Waals surface area contributed by atoms with E-state index in [4.69, 9.17) is 9.47 Å². The summed E-state index contributed by atoms with van der Waals surface area (Å²) in [6, 6.07) is 30.6. The molecule has 1 unspecified atom stereocenters. The number of nitrogens with zero attached hydrogens (tertiary/aromatic N) is 4. The second-order valence-electron chi connectivity index (χ2n) is 9.11. The number of benzene rings is 4. The average Bonchev–Trinajstić information content (AvgIpc) is 3.61. The molecule has 1 aliphatic rings. The molecule has 194 valence electrons. The van der Waals surface area contributed by atoms with Crippen LogP contribution in [0.15, 0.2) is 103 Å². The molecular weight excluding hydrogens is 494 g/mol. The third-order valence-electron chi connectivity index (χ3n) is 6.54. The zero-order valence-corrected chi connectivity index (χ0v) is 20.9. The van der Waals surface area contributed by atoms with E-state index in [1.807, 2.05) is 84.9 Å². The van der Waals surface area contributed by atoms with Crippen LogP contribution in [0.25, 0.3) is 11.0 Å². The Balaban J connectivity index is 1.36. The summed E-state index contributed by atoms with van der Waals surface area (Å²) in [6.45, 7) is 0.282. The van der Waals surface area contributed by atoms with Crippen molar-refractivity contribution < 1.29 is 19.1 Å². The molecule has 0 spiro atoms. The maximum Gasteiger partial charge on any atom is 0.251 e. The Kier molecular flexibility index (Phi) is 6.61. The number of hydrogen-bond acceptors (Lipinski definition) is 6. The molecule has 6 rings (SSSR count). The lowest BCUT2D eigenvalue weighted by Gasteiger charge is -2.31. The van der Waals surface area contributed by atoms with Crippen molar-refractivity contribution in [3.05, 3.63) is 114 Å². The monoisotopic (exact) mass is 519 g/mol. The lowest BCUT2D eigenvalue weighted by molar-refractivity contribution is -0.140. The molecule has 1 N–H and O–H groups in total. The van der Waals surface area contributed by atoms with E-state index in [1.165, 1.54) is 0 Å². The highest BCUT2D eigenvalue weighted by molar-refractivity contribution is 5.98. The van der Waals surface area contributed by atoms with Gasteiger partial charge in [0.15, 0.2) is 11.5 Å². The van der Waals surface area contributed by atoms with Crippen LogP contribution < -0.4 is 14.8 Å². The predicted octanol–water partition coefficient (Wildman–Crippen LogP) is 4.57. The van der Waals surface area contributed by atoms with E-state index in [1.54, 1.807) is 27.8 Å². The number of aromatic nitrogens is 3. The van der Waals surface area contributed by atoms with Crippen molar-refractivity contribution in [3.8, 4) is 11.5 Å². The molecule has 0 radical (unpaired) electrons. The van der Waals surface area contributed by atoms with Crippen LogP contribution in [0.5, 0.6) is 11.5 Å². The Hall–Kier alpha value is -5.18. The van der Waals surface area contributed by atoms with Crippen LogP contribution in [0.4, 0.5) is 5.69 Å². The highest BCUT2D eigenvalue weighted by atomic mass is 16.7. The van der Waals surface area contributed by atoms with Crippen LogP contribution >= 0.6 is 0 Å². The second-order valence-corrected chi connectivity index (χ2v) is 9.11. The Labute approximate surface area is 224 Å². The summed E-state index contributed by atoms with van der Waals surface area (Å²) >= 11 is 0. The molecule has 0 saturated carbocycles. The van der Waals surface area contributed by atoms with Crippen molar-refractivity contribution in [2.45, 2.75) is 19.1 Å². The Bertz CT molecular complexity index is 1620. The minimum Gasteiger partial charge on any atom is -0.454 e. The number of rotatable bonds is 8. The van der Waals surface area contributed by atoms with E-state index in [9.17, 15) is 9.59 Å². The first kappa shape index (κ1) is 24.2. The molecule has 0 bridgehead atoms. The fraction of sp³-hybridized carbons (Fsp3) is 0.133. The molecule has 9 nitrogen and oxygen atoms in total. The smallest absolute Gasteiger partial charge is 0.251 e. The van der Waals surface area contributed by atoms with E-state index in [0.29, 0.717) is 28.3 Å². The normalized spacial score (nSPS) is 12.7. The van der Waals surface area contributed by atoms with E-state index in [0.717, 1.165) is 11.1 Å². The number of nitrogens with one attached hydrogen (secondary N) is 1. The van der Waals surface area contributed by atoms with Gasteiger partial charge in [-0.1, -0.05) is 78.0 Å². The summed E-state index contributed by atoms with van der Waals surface area (Å²) in [5, 5.41) is 11.4. The van der Waals surface area contributed by atoms with Crippen LogP contribution in [0.1, 0.15) is 17.2 Å². The first-order valence-corrected chi connectivity index (χ1v) is 12.5. The first-order chi connectivity index (χ1) is 19.2. The number of hydrogen-bond donors (Lipinski definition) is 1. The quantitative estimate of drug-likeness (QED) is 0.323. The van der Waals surface area contributed by atoms with Gasteiger partial charge < -0.3 is 19.7 Å². The molecule has 2 heterocycles. The molecule has 4 aromatic carbocycles. The number of anilines is 1. The summed E-state index contributed by atoms with van der Waals surface area (Å²) in [6.07, 6.45) is 0. The first-order valence-electron chi connectivity index (χ1n) is 12.5. The number of carbonyl (C=O) groups is 2. The lowest BCUT2D eigenvalue weighted by Crippen LogP contribution is -2.42. The minimum absolute atomic E-state index is 0.0754. The minimum atomic E-state index is -0.917. The SMILES string of the molecule is O=C(Nc1ccc2c(c1)OCO2)C(c1ccccc1)N(Cc1ccccc1)C(=O)Cn1nnc2ccccc21. The Morgan fingerprint density at radius 2 is 1.59 bits per heavy atom. The zero-order chi connectivity index (χ0) is 26.6. The van der Waals surface area contributed by atoms with E-state index >= 15 is 0 Å². The molecule has 0 saturated heterocycles. The largest absolute Gasteiger partial charge is 0.454 e.